The van der Waals surface area contributed by atoms with Crippen LogP contribution < -0.4 is 20.5 Å². The summed E-state index contributed by atoms with van der Waals surface area (Å²) in [5.74, 6) is -0.828. The SMILES string of the molecule is COc1cc(C(=O)Nc2cc(Cl)cc(Cl)c2)cc(Cl)c1OCC(N)=O. The number of halogens is 3. The van der Waals surface area contributed by atoms with Crippen LogP contribution in [-0.4, -0.2) is 25.5 Å². The highest BCUT2D eigenvalue weighted by Crippen LogP contribution is 2.36. The van der Waals surface area contributed by atoms with Crippen LogP contribution in [0.2, 0.25) is 15.1 Å². The third kappa shape index (κ3) is 5.16. The Morgan fingerprint density at radius 2 is 1.72 bits per heavy atom. The largest absolute Gasteiger partial charge is 0.493 e. The zero-order valence-electron chi connectivity index (χ0n) is 12.9. The summed E-state index contributed by atoms with van der Waals surface area (Å²) in [5.41, 5.74) is 5.67. The van der Waals surface area contributed by atoms with Crippen LogP contribution in [0.4, 0.5) is 5.69 Å². The van der Waals surface area contributed by atoms with Crippen LogP contribution >= 0.6 is 34.8 Å². The molecule has 0 unspecified atom stereocenters. The number of carbonyl (C=O) groups is 2. The van der Waals surface area contributed by atoms with Crippen molar-refractivity contribution in [2.24, 2.45) is 5.73 Å². The van der Waals surface area contributed by atoms with E-state index in [4.69, 9.17) is 50.0 Å². The van der Waals surface area contributed by atoms with E-state index in [9.17, 15) is 9.59 Å². The number of ether oxygens (including phenoxy) is 2. The number of nitrogens with one attached hydrogen (secondary N) is 1. The molecule has 3 N–H and O–H groups in total. The Balaban J connectivity index is 2.27. The minimum Gasteiger partial charge on any atom is -0.493 e. The first kappa shape index (κ1) is 19.2. The number of anilines is 1. The molecule has 2 rings (SSSR count). The van der Waals surface area contributed by atoms with Gasteiger partial charge >= 0.3 is 0 Å². The van der Waals surface area contributed by atoms with E-state index in [0.717, 1.165) is 0 Å². The molecule has 132 valence electrons. The number of hydrogen-bond donors (Lipinski definition) is 2. The lowest BCUT2D eigenvalue weighted by Gasteiger charge is -2.13. The van der Waals surface area contributed by atoms with Gasteiger partial charge in [0, 0.05) is 21.3 Å². The quantitative estimate of drug-likeness (QED) is 0.768. The van der Waals surface area contributed by atoms with Gasteiger partial charge in [-0.2, -0.15) is 0 Å². The minimum atomic E-state index is -0.669. The van der Waals surface area contributed by atoms with Gasteiger partial charge in [0.1, 0.15) is 0 Å². The first-order valence-corrected chi connectivity index (χ1v) is 7.99. The summed E-state index contributed by atoms with van der Waals surface area (Å²) in [6, 6.07) is 7.44. The second-order valence-electron chi connectivity index (χ2n) is 4.86. The van der Waals surface area contributed by atoms with Crippen molar-refractivity contribution in [2.45, 2.75) is 0 Å². The molecule has 6 nitrogen and oxygen atoms in total. The lowest BCUT2D eigenvalue weighted by atomic mass is 10.1. The number of carbonyl (C=O) groups excluding carboxylic acids is 2. The zero-order valence-corrected chi connectivity index (χ0v) is 15.2. The topological polar surface area (TPSA) is 90.7 Å². The zero-order chi connectivity index (χ0) is 18.6. The lowest BCUT2D eigenvalue weighted by Crippen LogP contribution is -2.20. The van der Waals surface area contributed by atoms with Crippen molar-refractivity contribution >= 4 is 52.3 Å². The molecule has 25 heavy (non-hydrogen) atoms. The average molecular weight is 404 g/mol. The number of nitrogens with two attached hydrogens (primary N) is 1. The van der Waals surface area contributed by atoms with Crippen molar-refractivity contribution in [3.63, 3.8) is 0 Å². The van der Waals surface area contributed by atoms with Crippen molar-refractivity contribution in [3.05, 3.63) is 51.0 Å². The molecule has 0 saturated carbocycles. The Bertz CT molecular complexity index is 807. The van der Waals surface area contributed by atoms with Gasteiger partial charge in [0.15, 0.2) is 18.1 Å². The Morgan fingerprint density at radius 1 is 1.08 bits per heavy atom. The summed E-state index contributed by atoms with van der Waals surface area (Å²) in [6.07, 6.45) is 0. The number of methoxy groups -OCH3 is 1. The van der Waals surface area contributed by atoms with E-state index in [1.165, 1.54) is 19.2 Å². The highest BCUT2D eigenvalue weighted by molar-refractivity contribution is 6.35. The molecular weight excluding hydrogens is 391 g/mol. The molecule has 0 saturated heterocycles. The number of rotatable bonds is 6. The molecule has 0 spiro atoms. The smallest absolute Gasteiger partial charge is 0.255 e. The molecule has 9 heteroatoms. The van der Waals surface area contributed by atoms with E-state index < -0.39 is 11.8 Å². The van der Waals surface area contributed by atoms with Gasteiger partial charge in [-0.3, -0.25) is 9.59 Å². The minimum absolute atomic E-state index is 0.0925. The normalized spacial score (nSPS) is 10.2. The second kappa shape index (κ2) is 8.29. The summed E-state index contributed by atoms with van der Waals surface area (Å²) in [4.78, 5) is 23.3. The third-order valence-corrected chi connectivity index (χ3v) is 3.69. The molecular formula is C16H13Cl3N2O4. The predicted molar refractivity (Wildman–Crippen MR) is 97.1 cm³/mol. The molecule has 2 aromatic carbocycles. The number of amides is 2. The molecule has 0 fully saturated rings. The van der Waals surface area contributed by atoms with E-state index >= 15 is 0 Å². The molecule has 2 aromatic rings. The summed E-state index contributed by atoms with van der Waals surface area (Å²) < 4.78 is 10.4. The van der Waals surface area contributed by atoms with Gasteiger partial charge in [-0.05, 0) is 30.3 Å². The monoisotopic (exact) mass is 402 g/mol. The van der Waals surface area contributed by atoms with Crippen molar-refractivity contribution in [2.75, 3.05) is 19.0 Å². The van der Waals surface area contributed by atoms with Crippen molar-refractivity contribution in [1.29, 1.82) is 0 Å². The van der Waals surface area contributed by atoms with Gasteiger partial charge in [0.25, 0.3) is 11.8 Å². The van der Waals surface area contributed by atoms with Gasteiger partial charge in [-0.1, -0.05) is 34.8 Å². The molecule has 2 amide bonds. The fraction of sp³-hybridized carbons (Fsp3) is 0.125. The van der Waals surface area contributed by atoms with Gasteiger partial charge in [-0.15, -0.1) is 0 Å². The summed E-state index contributed by atoms with van der Waals surface area (Å²) in [7, 11) is 1.38. The number of hydrogen-bond acceptors (Lipinski definition) is 4. The van der Waals surface area contributed by atoms with Gasteiger partial charge in [-0.25, -0.2) is 0 Å². The lowest BCUT2D eigenvalue weighted by molar-refractivity contribution is -0.119. The average Bonchev–Trinajstić information content (AvgIpc) is 2.51. The molecule has 0 heterocycles. The van der Waals surface area contributed by atoms with E-state index in [-0.39, 0.29) is 28.7 Å². The number of benzene rings is 2. The fourth-order valence-electron chi connectivity index (χ4n) is 1.96. The van der Waals surface area contributed by atoms with Crippen LogP contribution in [0, 0.1) is 0 Å². The van der Waals surface area contributed by atoms with E-state index in [1.54, 1.807) is 18.2 Å². The van der Waals surface area contributed by atoms with Crippen LogP contribution in [0.3, 0.4) is 0 Å². The second-order valence-corrected chi connectivity index (χ2v) is 6.14. The van der Waals surface area contributed by atoms with Crippen LogP contribution in [-0.2, 0) is 4.79 Å². The molecule has 0 atom stereocenters. The maximum Gasteiger partial charge on any atom is 0.255 e. The van der Waals surface area contributed by atoms with E-state index in [0.29, 0.717) is 15.7 Å². The maximum atomic E-state index is 12.4. The Hall–Kier alpha value is -2.15. The highest BCUT2D eigenvalue weighted by atomic mass is 35.5. The fourth-order valence-corrected chi connectivity index (χ4v) is 2.75. The van der Waals surface area contributed by atoms with Crippen LogP contribution in [0.5, 0.6) is 11.5 Å². The van der Waals surface area contributed by atoms with Crippen molar-refractivity contribution in [1.82, 2.24) is 0 Å². The molecule has 0 aliphatic carbocycles. The molecule has 0 aromatic heterocycles. The Morgan fingerprint density at radius 3 is 2.28 bits per heavy atom. The molecule has 0 aliphatic rings. The summed E-state index contributed by atoms with van der Waals surface area (Å²) in [5, 5.41) is 3.51. The molecule has 0 aliphatic heterocycles. The Kier molecular flexibility index (Phi) is 6.36. The van der Waals surface area contributed by atoms with Crippen LogP contribution in [0.25, 0.3) is 0 Å². The summed E-state index contributed by atoms with van der Waals surface area (Å²) >= 11 is 17.9. The van der Waals surface area contributed by atoms with E-state index in [2.05, 4.69) is 5.32 Å². The maximum absolute atomic E-state index is 12.4. The van der Waals surface area contributed by atoms with Gasteiger partial charge in [0.05, 0.1) is 12.1 Å². The molecule has 0 bridgehead atoms. The third-order valence-electron chi connectivity index (χ3n) is 2.97. The van der Waals surface area contributed by atoms with Gasteiger partial charge in [0.2, 0.25) is 0 Å². The molecule has 0 radical (unpaired) electrons. The first-order chi connectivity index (χ1) is 11.8. The van der Waals surface area contributed by atoms with Crippen LogP contribution in [0.1, 0.15) is 10.4 Å². The Labute approximate surface area is 158 Å². The van der Waals surface area contributed by atoms with Crippen LogP contribution in [0.15, 0.2) is 30.3 Å². The van der Waals surface area contributed by atoms with Crippen molar-refractivity contribution in [3.8, 4) is 11.5 Å². The predicted octanol–water partition coefficient (Wildman–Crippen LogP) is 3.77. The summed E-state index contributed by atoms with van der Waals surface area (Å²) in [6.45, 7) is -0.372. The van der Waals surface area contributed by atoms with Crippen molar-refractivity contribution < 1.29 is 19.1 Å². The highest BCUT2D eigenvalue weighted by Gasteiger charge is 2.17. The first-order valence-electron chi connectivity index (χ1n) is 6.86. The van der Waals surface area contributed by atoms with E-state index in [1.807, 2.05) is 0 Å². The standard InChI is InChI=1S/C16H13Cl3N2O4/c1-24-13-3-8(2-12(19)15(13)25-7-14(20)22)16(23)21-11-5-9(17)4-10(18)6-11/h2-6H,7H2,1H3,(H2,20,22)(H,21,23). The number of primary amides is 1. The van der Waals surface area contributed by atoms with Gasteiger partial charge < -0.3 is 20.5 Å².